The van der Waals surface area contributed by atoms with Gasteiger partial charge < -0.3 is 4.74 Å². The highest BCUT2D eigenvalue weighted by Crippen LogP contribution is 2.29. The molecule has 0 aliphatic carbocycles. The standard InChI is InChI=1S/C18H16N2O3S2/c1-3-23-17(22)14-10-25-18(19-14)20-16(21)15-13(8-9-24-15)12-6-4-11(2)5-7-12/h4-10H,3H2,1-2H3,(H,19,20,21). The van der Waals surface area contributed by atoms with Crippen LogP contribution in [0.25, 0.3) is 11.1 Å². The maximum Gasteiger partial charge on any atom is 0.357 e. The Bertz CT molecular complexity index is 897. The van der Waals surface area contributed by atoms with Crippen LogP contribution in [0, 0.1) is 6.92 Å². The van der Waals surface area contributed by atoms with E-state index in [4.69, 9.17) is 4.74 Å². The minimum atomic E-state index is -0.490. The van der Waals surface area contributed by atoms with Crippen molar-refractivity contribution in [1.82, 2.24) is 4.98 Å². The number of hydrogen-bond donors (Lipinski definition) is 1. The first kappa shape index (κ1) is 17.3. The number of rotatable bonds is 5. The van der Waals surface area contributed by atoms with Gasteiger partial charge in [-0.15, -0.1) is 22.7 Å². The number of aromatic nitrogens is 1. The summed E-state index contributed by atoms with van der Waals surface area (Å²) in [5.41, 5.74) is 3.24. The summed E-state index contributed by atoms with van der Waals surface area (Å²) in [4.78, 5) is 29.0. The van der Waals surface area contributed by atoms with Crippen molar-refractivity contribution in [2.24, 2.45) is 0 Å². The van der Waals surface area contributed by atoms with E-state index in [0.29, 0.717) is 10.0 Å². The summed E-state index contributed by atoms with van der Waals surface area (Å²) in [7, 11) is 0. The van der Waals surface area contributed by atoms with Gasteiger partial charge >= 0.3 is 5.97 Å². The van der Waals surface area contributed by atoms with E-state index < -0.39 is 5.97 Å². The minimum Gasteiger partial charge on any atom is -0.461 e. The number of benzene rings is 1. The van der Waals surface area contributed by atoms with Gasteiger partial charge in [0.05, 0.1) is 6.61 Å². The van der Waals surface area contributed by atoms with Crippen LogP contribution in [-0.4, -0.2) is 23.5 Å². The topological polar surface area (TPSA) is 68.3 Å². The highest BCUT2D eigenvalue weighted by molar-refractivity contribution is 7.14. The van der Waals surface area contributed by atoms with Crippen LogP contribution in [-0.2, 0) is 4.74 Å². The first-order chi connectivity index (χ1) is 12.1. The fourth-order valence-electron chi connectivity index (χ4n) is 2.23. The summed E-state index contributed by atoms with van der Waals surface area (Å²) in [5.74, 6) is -0.731. The molecule has 0 radical (unpaired) electrons. The molecule has 5 nitrogen and oxygen atoms in total. The molecule has 0 unspecified atom stereocenters. The Kier molecular flexibility index (Phi) is 5.25. The molecule has 1 N–H and O–H groups in total. The second-order valence-corrected chi connectivity index (χ2v) is 7.02. The zero-order valence-corrected chi connectivity index (χ0v) is 15.4. The Labute approximate surface area is 153 Å². The molecule has 0 bridgehead atoms. The molecule has 3 rings (SSSR count). The molecule has 2 aromatic heterocycles. The number of nitrogens with zero attached hydrogens (tertiary/aromatic N) is 1. The van der Waals surface area contributed by atoms with E-state index in [1.807, 2.05) is 42.6 Å². The number of thiazole rings is 1. The van der Waals surface area contributed by atoms with Crippen LogP contribution in [0.3, 0.4) is 0 Å². The van der Waals surface area contributed by atoms with E-state index in [1.54, 1.807) is 12.3 Å². The summed E-state index contributed by atoms with van der Waals surface area (Å²) >= 11 is 2.56. The van der Waals surface area contributed by atoms with Gasteiger partial charge in [-0.2, -0.15) is 0 Å². The molecule has 1 aromatic carbocycles. The van der Waals surface area contributed by atoms with Crippen molar-refractivity contribution in [3.63, 3.8) is 0 Å². The molecule has 0 saturated heterocycles. The van der Waals surface area contributed by atoms with Crippen LogP contribution < -0.4 is 5.32 Å². The Hall–Kier alpha value is -2.51. The van der Waals surface area contributed by atoms with E-state index in [2.05, 4.69) is 10.3 Å². The first-order valence-electron chi connectivity index (χ1n) is 7.67. The first-order valence-corrected chi connectivity index (χ1v) is 9.43. The van der Waals surface area contributed by atoms with Crippen LogP contribution in [0.15, 0.2) is 41.1 Å². The number of hydrogen-bond acceptors (Lipinski definition) is 6. The zero-order valence-electron chi connectivity index (χ0n) is 13.7. The normalized spacial score (nSPS) is 10.5. The summed E-state index contributed by atoms with van der Waals surface area (Å²) in [5, 5.41) is 6.58. The molecule has 0 aliphatic rings. The summed E-state index contributed by atoms with van der Waals surface area (Å²) in [6.45, 7) is 4.04. The Balaban J connectivity index is 1.78. The van der Waals surface area contributed by atoms with Crippen LogP contribution in [0.5, 0.6) is 0 Å². The van der Waals surface area contributed by atoms with Gasteiger partial charge in [-0.25, -0.2) is 9.78 Å². The molecule has 0 aliphatic heterocycles. The lowest BCUT2D eigenvalue weighted by Gasteiger charge is -2.04. The smallest absolute Gasteiger partial charge is 0.357 e. The average Bonchev–Trinajstić information content (AvgIpc) is 3.25. The average molecular weight is 372 g/mol. The Morgan fingerprint density at radius 3 is 2.64 bits per heavy atom. The van der Waals surface area contributed by atoms with Crippen molar-refractivity contribution in [3.05, 3.63) is 57.2 Å². The lowest BCUT2D eigenvalue weighted by atomic mass is 10.0. The second-order valence-electron chi connectivity index (χ2n) is 5.24. The molecular weight excluding hydrogens is 356 g/mol. The largest absolute Gasteiger partial charge is 0.461 e. The van der Waals surface area contributed by atoms with E-state index in [-0.39, 0.29) is 18.2 Å². The third kappa shape index (κ3) is 3.94. The predicted molar refractivity (Wildman–Crippen MR) is 101 cm³/mol. The van der Waals surface area contributed by atoms with Crippen LogP contribution >= 0.6 is 22.7 Å². The van der Waals surface area contributed by atoms with Gasteiger partial charge in [-0.3, -0.25) is 10.1 Å². The second kappa shape index (κ2) is 7.58. The molecule has 128 valence electrons. The number of esters is 1. The third-order valence-corrected chi connectivity index (χ3v) is 5.11. The lowest BCUT2D eigenvalue weighted by Crippen LogP contribution is -2.12. The maximum absolute atomic E-state index is 12.6. The Morgan fingerprint density at radius 1 is 1.16 bits per heavy atom. The van der Waals surface area contributed by atoms with Gasteiger partial charge in [0.25, 0.3) is 5.91 Å². The Morgan fingerprint density at radius 2 is 1.92 bits per heavy atom. The molecule has 0 atom stereocenters. The van der Waals surface area contributed by atoms with E-state index >= 15 is 0 Å². The van der Waals surface area contributed by atoms with E-state index in [9.17, 15) is 9.59 Å². The fraction of sp³-hybridized carbons (Fsp3) is 0.167. The molecule has 2 heterocycles. The molecule has 0 saturated carbocycles. The molecule has 0 spiro atoms. The number of carbonyl (C=O) groups is 2. The number of aryl methyl sites for hydroxylation is 1. The van der Waals surface area contributed by atoms with Gasteiger partial charge in [-0.1, -0.05) is 29.8 Å². The zero-order chi connectivity index (χ0) is 17.8. The fourth-order valence-corrected chi connectivity index (χ4v) is 3.72. The summed E-state index contributed by atoms with van der Waals surface area (Å²) in [6.07, 6.45) is 0. The van der Waals surface area contributed by atoms with Crippen molar-refractivity contribution in [1.29, 1.82) is 0 Å². The van der Waals surface area contributed by atoms with Crippen molar-refractivity contribution in [2.45, 2.75) is 13.8 Å². The number of anilines is 1. The highest BCUT2D eigenvalue weighted by atomic mass is 32.1. The van der Waals surface area contributed by atoms with Gasteiger partial charge in [-0.05, 0) is 30.9 Å². The van der Waals surface area contributed by atoms with Crippen molar-refractivity contribution in [2.75, 3.05) is 11.9 Å². The number of ether oxygens (including phenoxy) is 1. The summed E-state index contributed by atoms with van der Waals surface area (Å²) < 4.78 is 4.90. The van der Waals surface area contributed by atoms with Gasteiger partial charge in [0.15, 0.2) is 10.8 Å². The van der Waals surface area contributed by atoms with Crippen molar-refractivity contribution in [3.8, 4) is 11.1 Å². The van der Waals surface area contributed by atoms with Gasteiger partial charge in [0.1, 0.15) is 4.88 Å². The number of thiophene rings is 1. The predicted octanol–water partition coefficient (Wildman–Crippen LogP) is 4.61. The van der Waals surface area contributed by atoms with Gasteiger partial charge in [0.2, 0.25) is 0 Å². The quantitative estimate of drug-likeness (QED) is 0.664. The van der Waals surface area contributed by atoms with Crippen LogP contribution in [0.2, 0.25) is 0 Å². The number of amides is 1. The van der Waals surface area contributed by atoms with Crippen molar-refractivity contribution >= 4 is 39.7 Å². The third-order valence-electron chi connectivity index (χ3n) is 3.44. The minimum absolute atomic E-state index is 0.201. The molecule has 25 heavy (non-hydrogen) atoms. The molecule has 7 heteroatoms. The molecule has 1 amide bonds. The summed E-state index contributed by atoms with van der Waals surface area (Å²) in [6, 6.07) is 9.95. The SMILES string of the molecule is CCOC(=O)c1csc(NC(=O)c2sccc2-c2ccc(C)cc2)n1. The molecular formula is C18H16N2O3S2. The van der Waals surface area contributed by atoms with E-state index in [1.165, 1.54) is 28.2 Å². The van der Waals surface area contributed by atoms with Gasteiger partial charge in [0, 0.05) is 10.9 Å². The maximum atomic E-state index is 12.6. The van der Waals surface area contributed by atoms with E-state index in [0.717, 1.165) is 11.1 Å². The lowest BCUT2D eigenvalue weighted by molar-refractivity contribution is 0.0520. The monoisotopic (exact) mass is 372 g/mol. The highest BCUT2D eigenvalue weighted by Gasteiger charge is 2.17. The molecule has 0 fully saturated rings. The van der Waals surface area contributed by atoms with Crippen LogP contribution in [0.4, 0.5) is 5.13 Å². The van der Waals surface area contributed by atoms with Crippen LogP contribution in [0.1, 0.15) is 32.6 Å². The van der Waals surface area contributed by atoms with Crippen molar-refractivity contribution < 1.29 is 14.3 Å². The number of nitrogens with one attached hydrogen (secondary N) is 1. The molecule has 3 aromatic rings. The number of carbonyl (C=O) groups excluding carboxylic acids is 2.